The number of thiophene rings is 1. The standard InChI is InChI=1S/C27H22O5S/c1-17(28)22-11-12-23(25(26(22)29)24-6-3-13-33-24)32-16-19-9-7-18(8-10-19)14-20-4-2-5-21(15-20)27(30)31/h2-13,15,29H,14,16H2,1H3,(H,30,31). The molecule has 0 unspecified atom stereocenters. The summed E-state index contributed by atoms with van der Waals surface area (Å²) in [5.74, 6) is -0.703. The zero-order chi connectivity index (χ0) is 23.4. The fourth-order valence-corrected chi connectivity index (χ4v) is 4.38. The van der Waals surface area contributed by atoms with E-state index in [9.17, 15) is 14.7 Å². The molecule has 1 heterocycles. The minimum absolute atomic E-state index is 0.0682. The van der Waals surface area contributed by atoms with E-state index < -0.39 is 5.97 Å². The number of hydrogen-bond acceptors (Lipinski definition) is 5. The molecule has 0 bridgehead atoms. The fourth-order valence-electron chi connectivity index (χ4n) is 3.60. The summed E-state index contributed by atoms with van der Waals surface area (Å²) in [5, 5.41) is 21.8. The predicted octanol–water partition coefficient (Wildman–Crippen LogP) is 6.19. The van der Waals surface area contributed by atoms with Gasteiger partial charge in [-0.3, -0.25) is 4.79 Å². The number of hydrogen-bond donors (Lipinski definition) is 2. The van der Waals surface area contributed by atoms with Crippen molar-refractivity contribution in [2.75, 3.05) is 0 Å². The lowest BCUT2D eigenvalue weighted by Crippen LogP contribution is -2.00. The Hall–Kier alpha value is -3.90. The Morgan fingerprint density at radius 2 is 1.67 bits per heavy atom. The van der Waals surface area contributed by atoms with Crippen molar-refractivity contribution in [3.05, 3.63) is 106 Å². The molecule has 6 heteroatoms. The number of phenols is 1. The van der Waals surface area contributed by atoms with Crippen molar-refractivity contribution in [3.8, 4) is 21.9 Å². The van der Waals surface area contributed by atoms with E-state index in [4.69, 9.17) is 9.84 Å². The Morgan fingerprint density at radius 3 is 2.33 bits per heavy atom. The van der Waals surface area contributed by atoms with Gasteiger partial charge in [0, 0.05) is 4.88 Å². The van der Waals surface area contributed by atoms with Crippen molar-refractivity contribution in [2.24, 2.45) is 0 Å². The van der Waals surface area contributed by atoms with Crippen molar-refractivity contribution < 1.29 is 24.5 Å². The number of rotatable bonds is 8. The summed E-state index contributed by atoms with van der Waals surface area (Å²) in [4.78, 5) is 23.9. The summed E-state index contributed by atoms with van der Waals surface area (Å²) in [7, 11) is 0. The van der Waals surface area contributed by atoms with Crippen LogP contribution in [0.1, 0.15) is 44.3 Å². The van der Waals surface area contributed by atoms with E-state index in [0.717, 1.165) is 21.6 Å². The van der Waals surface area contributed by atoms with Gasteiger partial charge in [-0.2, -0.15) is 0 Å². The van der Waals surface area contributed by atoms with Gasteiger partial charge in [0.1, 0.15) is 18.1 Å². The summed E-state index contributed by atoms with van der Waals surface area (Å²) in [6.07, 6.45) is 0.630. The second-order valence-corrected chi connectivity index (χ2v) is 8.60. The first-order valence-electron chi connectivity index (χ1n) is 10.4. The van der Waals surface area contributed by atoms with Crippen LogP contribution in [0.3, 0.4) is 0 Å². The quantitative estimate of drug-likeness (QED) is 0.308. The van der Waals surface area contributed by atoms with Gasteiger partial charge in [-0.25, -0.2) is 4.79 Å². The second-order valence-electron chi connectivity index (χ2n) is 7.66. The van der Waals surface area contributed by atoms with Crippen LogP contribution in [-0.4, -0.2) is 22.0 Å². The van der Waals surface area contributed by atoms with E-state index in [1.165, 1.54) is 18.3 Å². The molecule has 1 aromatic heterocycles. The highest BCUT2D eigenvalue weighted by Crippen LogP contribution is 2.42. The van der Waals surface area contributed by atoms with Crippen LogP contribution in [0.25, 0.3) is 10.4 Å². The van der Waals surface area contributed by atoms with Crippen LogP contribution in [0.5, 0.6) is 11.5 Å². The van der Waals surface area contributed by atoms with Crippen LogP contribution in [0, 0.1) is 0 Å². The lowest BCUT2D eigenvalue weighted by molar-refractivity contribution is 0.0696. The monoisotopic (exact) mass is 458 g/mol. The molecule has 0 saturated carbocycles. The van der Waals surface area contributed by atoms with Crippen LogP contribution in [0.2, 0.25) is 0 Å². The number of aromatic carboxylic acids is 1. The van der Waals surface area contributed by atoms with E-state index in [1.807, 2.05) is 47.8 Å². The summed E-state index contributed by atoms with van der Waals surface area (Å²) < 4.78 is 6.03. The van der Waals surface area contributed by atoms with E-state index in [0.29, 0.717) is 24.3 Å². The highest BCUT2D eigenvalue weighted by Gasteiger charge is 2.19. The molecule has 2 N–H and O–H groups in total. The summed E-state index contributed by atoms with van der Waals surface area (Å²) in [6, 6.07) is 21.9. The Morgan fingerprint density at radius 1 is 0.909 bits per heavy atom. The summed E-state index contributed by atoms with van der Waals surface area (Å²) in [6.45, 7) is 1.72. The molecule has 0 saturated heterocycles. The highest BCUT2D eigenvalue weighted by molar-refractivity contribution is 7.13. The number of Topliss-reactive ketones (excluding diaryl/α,β-unsaturated/α-hetero) is 1. The first-order valence-corrected chi connectivity index (χ1v) is 11.2. The molecule has 166 valence electrons. The Bertz CT molecular complexity index is 1290. The number of phenolic OH excluding ortho intramolecular Hbond substituents is 1. The molecule has 0 radical (unpaired) electrons. The number of benzene rings is 3. The third-order valence-corrected chi connectivity index (χ3v) is 6.17. The number of aromatic hydroxyl groups is 1. The number of carbonyl (C=O) groups excluding carboxylic acids is 1. The van der Waals surface area contributed by atoms with Crippen LogP contribution in [-0.2, 0) is 13.0 Å². The van der Waals surface area contributed by atoms with Gasteiger partial charge in [-0.1, -0.05) is 42.5 Å². The third kappa shape index (κ3) is 5.13. The van der Waals surface area contributed by atoms with Gasteiger partial charge >= 0.3 is 5.97 Å². The van der Waals surface area contributed by atoms with Gasteiger partial charge in [-0.15, -0.1) is 11.3 Å². The fraction of sp³-hybridized carbons (Fsp3) is 0.111. The number of carboxylic acids is 1. The number of carbonyl (C=O) groups is 2. The van der Waals surface area contributed by atoms with Gasteiger partial charge in [-0.05, 0) is 65.7 Å². The van der Waals surface area contributed by atoms with Crippen molar-refractivity contribution >= 4 is 23.1 Å². The van der Waals surface area contributed by atoms with E-state index in [2.05, 4.69) is 0 Å². The van der Waals surface area contributed by atoms with Gasteiger partial charge in [0.05, 0.1) is 16.7 Å². The van der Waals surface area contributed by atoms with Crippen molar-refractivity contribution in [3.63, 3.8) is 0 Å². The van der Waals surface area contributed by atoms with Crippen LogP contribution >= 0.6 is 11.3 Å². The third-order valence-electron chi connectivity index (χ3n) is 5.29. The van der Waals surface area contributed by atoms with Crippen LogP contribution in [0.15, 0.2) is 78.2 Å². The Labute approximate surface area is 195 Å². The maximum absolute atomic E-state index is 11.9. The number of ether oxygens (including phenoxy) is 1. The van der Waals surface area contributed by atoms with E-state index >= 15 is 0 Å². The molecule has 4 aromatic rings. The van der Waals surface area contributed by atoms with Gasteiger partial charge < -0.3 is 14.9 Å². The number of ketones is 1. The van der Waals surface area contributed by atoms with Gasteiger partial charge in [0.25, 0.3) is 0 Å². The Kier molecular flexibility index (Phi) is 6.56. The maximum Gasteiger partial charge on any atom is 0.335 e. The van der Waals surface area contributed by atoms with Crippen LogP contribution in [0.4, 0.5) is 0 Å². The summed E-state index contributed by atoms with van der Waals surface area (Å²) >= 11 is 1.46. The lowest BCUT2D eigenvalue weighted by Gasteiger charge is -2.14. The molecular formula is C27H22O5S. The van der Waals surface area contributed by atoms with E-state index in [-0.39, 0.29) is 22.7 Å². The molecule has 4 rings (SSSR count). The first-order chi connectivity index (χ1) is 15.9. The molecule has 0 spiro atoms. The average molecular weight is 459 g/mol. The largest absolute Gasteiger partial charge is 0.506 e. The van der Waals surface area contributed by atoms with Gasteiger partial charge in [0.2, 0.25) is 0 Å². The molecule has 33 heavy (non-hydrogen) atoms. The average Bonchev–Trinajstić information content (AvgIpc) is 3.33. The molecule has 0 amide bonds. The second kappa shape index (κ2) is 9.71. The topological polar surface area (TPSA) is 83.8 Å². The zero-order valence-electron chi connectivity index (χ0n) is 17.9. The van der Waals surface area contributed by atoms with Crippen LogP contribution < -0.4 is 4.74 Å². The minimum atomic E-state index is -0.936. The smallest absolute Gasteiger partial charge is 0.335 e. The molecule has 0 fully saturated rings. The molecule has 0 aliphatic carbocycles. The zero-order valence-corrected chi connectivity index (χ0v) is 18.8. The normalized spacial score (nSPS) is 10.7. The minimum Gasteiger partial charge on any atom is -0.506 e. The first kappa shape index (κ1) is 22.3. The summed E-state index contributed by atoms with van der Waals surface area (Å²) in [5.41, 5.74) is 4.00. The van der Waals surface area contributed by atoms with E-state index in [1.54, 1.807) is 30.3 Å². The number of carboxylic acid groups (broad SMARTS) is 1. The molecule has 0 atom stereocenters. The molecule has 5 nitrogen and oxygen atoms in total. The molecule has 3 aromatic carbocycles. The predicted molar refractivity (Wildman–Crippen MR) is 128 cm³/mol. The Balaban J connectivity index is 1.50. The highest BCUT2D eigenvalue weighted by atomic mass is 32.1. The van der Waals surface area contributed by atoms with Gasteiger partial charge in [0.15, 0.2) is 5.78 Å². The van der Waals surface area contributed by atoms with Crippen molar-refractivity contribution in [1.29, 1.82) is 0 Å². The molecular weight excluding hydrogens is 436 g/mol. The van der Waals surface area contributed by atoms with Crippen molar-refractivity contribution in [1.82, 2.24) is 0 Å². The molecule has 0 aliphatic rings. The van der Waals surface area contributed by atoms with Crippen molar-refractivity contribution in [2.45, 2.75) is 20.0 Å². The maximum atomic E-state index is 11.9. The SMILES string of the molecule is CC(=O)c1ccc(OCc2ccc(Cc3cccc(C(=O)O)c3)cc2)c(-c2cccs2)c1O. The lowest BCUT2D eigenvalue weighted by atomic mass is 10.0. The molecule has 0 aliphatic heterocycles.